The topological polar surface area (TPSA) is 100 Å². The Kier molecular flexibility index (Phi) is 8.09. The summed E-state index contributed by atoms with van der Waals surface area (Å²) in [4.78, 5) is 29.6. The average molecular weight is 556 g/mol. The van der Waals surface area contributed by atoms with Crippen molar-refractivity contribution in [1.29, 1.82) is 0 Å². The van der Waals surface area contributed by atoms with E-state index < -0.39 is 17.7 Å². The largest absolute Gasteiger partial charge is 0.481 e. The van der Waals surface area contributed by atoms with E-state index in [1.807, 2.05) is 18.3 Å². The first-order chi connectivity index (χ1) is 19.2. The number of halogens is 3. The van der Waals surface area contributed by atoms with E-state index in [0.717, 1.165) is 67.7 Å². The number of nitrogens with zero attached hydrogens (tertiary/aromatic N) is 4. The molecule has 0 spiro atoms. The van der Waals surface area contributed by atoms with Gasteiger partial charge in [-0.1, -0.05) is 19.3 Å². The Morgan fingerprint density at radius 1 is 1.02 bits per heavy atom. The van der Waals surface area contributed by atoms with E-state index in [1.54, 1.807) is 16.8 Å². The molecule has 2 heterocycles. The highest BCUT2D eigenvalue weighted by atomic mass is 19.4. The lowest BCUT2D eigenvalue weighted by atomic mass is 9.93. The predicted octanol–water partition coefficient (Wildman–Crippen LogP) is 5.71. The summed E-state index contributed by atoms with van der Waals surface area (Å²) >= 11 is 0. The van der Waals surface area contributed by atoms with Gasteiger partial charge in [0, 0.05) is 54.3 Å². The maximum atomic E-state index is 13.0. The molecule has 0 saturated heterocycles. The summed E-state index contributed by atoms with van der Waals surface area (Å²) in [6.45, 7) is 0.646. The number of benzene rings is 1. The molecule has 11 heteroatoms. The number of nitrogens with one attached hydrogen (secondary N) is 1. The van der Waals surface area contributed by atoms with Crippen LogP contribution in [-0.4, -0.2) is 44.3 Å². The number of aliphatic carboxylic acids is 1. The minimum absolute atomic E-state index is 0.0613. The van der Waals surface area contributed by atoms with Gasteiger partial charge in [0.2, 0.25) is 0 Å². The minimum atomic E-state index is -4.45. The summed E-state index contributed by atoms with van der Waals surface area (Å²) in [5.41, 5.74) is 2.60. The van der Waals surface area contributed by atoms with Gasteiger partial charge in [-0.25, -0.2) is 9.67 Å². The van der Waals surface area contributed by atoms with Crippen LogP contribution in [-0.2, 0) is 17.5 Å². The van der Waals surface area contributed by atoms with Crippen molar-refractivity contribution in [3.8, 4) is 5.82 Å². The van der Waals surface area contributed by atoms with Crippen molar-refractivity contribution >= 4 is 17.6 Å². The van der Waals surface area contributed by atoms with Crippen molar-refractivity contribution in [2.75, 3.05) is 11.4 Å². The van der Waals surface area contributed by atoms with Gasteiger partial charge >= 0.3 is 12.1 Å². The number of hydrogen-bond acceptors (Lipinski definition) is 5. The fourth-order valence-electron chi connectivity index (χ4n) is 5.25. The molecule has 8 nitrogen and oxygen atoms in total. The van der Waals surface area contributed by atoms with Crippen LogP contribution in [0, 0.1) is 0 Å². The molecule has 0 radical (unpaired) electrons. The lowest BCUT2D eigenvalue weighted by molar-refractivity contribution is -0.138. The SMILES string of the molecule is O=C(O)CCNC(=O)c1ccc(N(Cc2cn(-c3ccc(C(F)(F)F)cn3)nc2C2CC2)C2CCCCC2)cc1. The first-order valence-electron chi connectivity index (χ1n) is 13.7. The van der Waals surface area contributed by atoms with Gasteiger partial charge in [-0.2, -0.15) is 18.3 Å². The number of carbonyl (C=O) groups is 2. The van der Waals surface area contributed by atoms with Gasteiger partial charge in [-0.15, -0.1) is 0 Å². The van der Waals surface area contributed by atoms with Gasteiger partial charge in [0.05, 0.1) is 17.7 Å². The smallest absolute Gasteiger partial charge is 0.417 e. The van der Waals surface area contributed by atoms with Crippen LogP contribution >= 0.6 is 0 Å². The fourth-order valence-corrected chi connectivity index (χ4v) is 5.25. The van der Waals surface area contributed by atoms with Crippen LogP contribution in [0.25, 0.3) is 5.82 Å². The van der Waals surface area contributed by atoms with E-state index in [2.05, 4.69) is 15.2 Å². The highest BCUT2D eigenvalue weighted by Crippen LogP contribution is 2.42. The lowest BCUT2D eigenvalue weighted by Crippen LogP contribution is -2.36. The quantitative estimate of drug-likeness (QED) is 0.333. The summed E-state index contributed by atoms with van der Waals surface area (Å²) in [6.07, 6.45) is 5.74. The number of pyridine rings is 1. The second-order valence-electron chi connectivity index (χ2n) is 10.5. The second-order valence-corrected chi connectivity index (χ2v) is 10.5. The maximum absolute atomic E-state index is 13.0. The maximum Gasteiger partial charge on any atom is 0.417 e. The molecule has 0 aliphatic heterocycles. The van der Waals surface area contributed by atoms with Crippen molar-refractivity contribution in [2.24, 2.45) is 0 Å². The number of alkyl halides is 3. The summed E-state index contributed by atoms with van der Waals surface area (Å²) in [6, 6.07) is 10.0. The Morgan fingerprint density at radius 2 is 1.75 bits per heavy atom. The van der Waals surface area contributed by atoms with Crippen LogP contribution in [0.2, 0.25) is 0 Å². The zero-order valence-corrected chi connectivity index (χ0v) is 22.0. The van der Waals surface area contributed by atoms with Crippen LogP contribution in [0.4, 0.5) is 18.9 Å². The molecule has 40 heavy (non-hydrogen) atoms. The van der Waals surface area contributed by atoms with Gasteiger partial charge in [-0.3, -0.25) is 9.59 Å². The zero-order valence-electron chi connectivity index (χ0n) is 22.0. The third kappa shape index (κ3) is 6.63. The first kappa shape index (κ1) is 27.7. The third-order valence-corrected chi connectivity index (χ3v) is 7.54. The van der Waals surface area contributed by atoms with Crippen molar-refractivity contribution in [1.82, 2.24) is 20.1 Å². The molecule has 0 bridgehead atoms. The van der Waals surface area contributed by atoms with Crippen LogP contribution in [0.15, 0.2) is 48.8 Å². The molecule has 3 aromatic rings. The summed E-state index contributed by atoms with van der Waals surface area (Å²) in [5.74, 6) is -0.625. The molecule has 1 amide bonds. The Morgan fingerprint density at radius 3 is 2.35 bits per heavy atom. The van der Waals surface area contributed by atoms with Gasteiger partial charge in [0.15, 0.2) is 5.82 Å². The summed E-state index contributed by atoms with van der Waals surface area (Å²) in [5, 5.41) is 16.2. The average Bonchev–Trinajstić information content (AvgIpc) is 3.71. The van der Waals surface area contributed by atoms with E-state index in [0.29, 0.717) is 29.9 Å². The van der Waals surface area contributed by atoms with E-state index in [4.69, 9.17) is 10.2 Å². The number of carboxylic acid groups (broad SMARTS) is 1. The van der Waals surface area contributed by atoms with Gasteiger partial charge in [0.25, 0.3) is 5.91 Å². The second kappa shape index (κ2) is 11.7. The molecular formula is C29H32F3N5O3. The van der Waals surface area contributed by atoms with Crippen molar-refractivity contribution < 1.29 is 27.9 Å². The number of aromatic nitrogens is 3. The lowest BCUT2D eigenvalue weighted by Gasteiger charge is -2.36. The normalized spacial score (nSPS) is 16.1. The van der Waals surface area contributed by atoms with E-state index >= 15 is 0 Å². The zero-order chi connectivity index (χ0) is 28.3. The highest BCUT2D eigenvalue weighted by molar-refractivity contribution is 5.94. The number of rotatable bonds is 10. The van der Waals surface area contributed by atoms with Gasteiger partial charge < -0.3 is 15.3 Å². The van der Waals surface area contributed by atoms with Crippen molar-refractivity contribution in [3.63, 3.8) is 0 Å². The van der Waals surface area contributed by atoms with Crippen LogP contribution < -0.4 is 10.2 Å². The Bertz CT molecular complexity index is 1330. The number of amides is 1. The van der Waals surface area contributed by atoms with Crippen LogP contribution in [0.3, 0.4) is 0 Å². The van der Waals surface area contributed by atoms with E-state index in [9.17, 15) is 22.8 Å². The van der Waals surface area contributed by atoms with Crippen LogP contribution in [0.1, 0.15) is 84.5 Å². The van der Waals surface area contributed by atoms with Crippen LogP contribution in [0.5, 0.6) is 0 Å². The number of hydrogen-bond donors (Lipinski definition) is 2. The minimum Gasteiger partial charge on any atom is -0.481 e. The molecular weight excluding hydrogens is 523 g/mol. The molecule has 5 rings (SSSR count). The van der Waals surface area contributed by atoms with Gasteiger partial charge in [0.1, 0.15) is 0 Å². The number of carboxylic acids is 1. The molecule has 212 valence electrons. The molecule has 2 aliphatic rings. The van der Waals surface area contributed by atoms with E-state index in [-0.39, 0.29) is 18.9 Å². The number of anilines is 1. The molecule has 2 aliphatic carbocycles. The summed E-state index contributed by atoms with van der Waals surface area (Å²) < 4.78 is 40.7. The Labute approximate surface area is 230 Å². The van der Waals surface area contributed by atoms with Crippen molar-refractivity contribution in [3.05, 3.63) is 71.2 Å². The van der Waals surface area contributed by atoms with Gasteiger partial charge in [-0.05, 0) is 62.1 Å². The molecule has 2 N–H and O–H groups in total. The molecule has 2 saturated carbocycles. The molecule has 1 aromatic carbocycles. The molecule has 2 fully saturated rings. The Hall–Kier alpha value is -3.89. The number of carbonyl (C=O) groups excluding carboxylic acids is 1. The predicted molar refractivity (Wildman–Crippen MR) is 142 cm³/mol. The highest BCUT2D eigenvalue weighted by Gasteiger charge is 2.33. The molecule has 0 unspecified atom stereocenters. The third-order valence-electron chi connectivity index (χ3n) is 7.54. The van der Waals surface area contributed by atoms with Crippen molar-refractivity contribution in [2.45, 2.75) is 76.0 Å². The molecule has 2 aromatic heterocycles. The van der Waals surface area contributed by atoms with E-state index in [1.165, 1.54) is 12.5 Å². The standard InChI is InChI=1S/C29H32F3N5O3/c30-29(31,32)22-10-13-25(34-16-22)37-18-21(27(35-37)19-6-7-19)17-36(23-4-2-1-3-5-23)24-11-8-20(9-12-24)28(40)33-15-14-26(38)39/h8-13,16,18-19,23H,1-7,14-15,17H2,(H,33,40)(H,38,39). The Balaban J connectivity index is 1.39. The first-order valence-corrected chi connectivity index (χ1v) is 13.7. The fraction of sp³-hybridized carbons (Fsp3) is 0.448. The monoisotopic (exact) mass is 555 g/mol. The summed E-state index contributed by atoms with van der Waals surface area (Å²) in [7, 11) is 0. The molecule has 0 atom stereocenters.